The van der Waals surface area contributed by atoms with Gasteiger partial charge in [-0.25, -0.2) is 0 Å². The summed E-state index contributed by atoms with van der Waals surface area (Å²) in [5.41, 5.74) is 1.86. The molecule has 0 atom stereocenters. The third kappa shape index (κ3) is 4.08. The Balaban J connectivity index is 1.51. The molecule has 130 valence electrons. The fourth-order valence-electron chi connectivity index (χ4n) is 2.88. The lowest BCUT2D eigenvalue weighted by molar-refractivity contribution is -0.149. The standard InChI is InChI=1S/C19H26N2O3/c1-19(2,3)10-13-23-17(22)14-8-11-21(12-9-14)18-20-15-6-4-5-7-16(15)24-18/h4-7,14H,8-13H2,1-3H3. The maximum atomic E-state index is 12.2. The van der Waals surface area contributed by atoms with E-state index in [0.717, 1.165) is 43.5 Å². The maximum Gasteiger partial charge on any atom is 0.309 e. The summed E-state index contributed by atoms with van der Waals surface area (Å²) in [6.07, 6.45) is 2.46. The zero-order valence-corrected chi connectivity index (χ0v) is 14.7. The van der Waals surface area contributed by atoms with E-state index >= 15 is 0 Å². The summed E-state index contributed by atoms with van der Waals surface area (Å²) < 4.78 is 11.3. The zero-order chi connectivity index (χ0) is 17.2. The molecule has 1 aliphatic heterocycles. The second kappa shape index (κ2) is 6.83. The molecule has 0 bridgehead atoms. The van der Waals surface area contributed by atoms with Crippen LogP contribution in [0, 0.1) is 11.3 Å². The third-order valence-corrected chi connectivity index (χ3v) is 4.48. The van der Waals surface area contributed by atoms with E-state index in [-0.39, 0.29) is 17.3 Å². The Hall–Kier alpha value is -2.04. The summed E-state index contributed by atoms with van der Waals surface area (Å²) in [5.74, 6) is -0.0675. The van der Waals surface area contributed by atoms with Crippen LogP contribution in [0.3, 0.4) is 0 Å². The van der Waals surface area contributed by atoms with Crippen LogP contribution in [0.5, 0.6) is 0 Å². The molecule has 1 saturated heterocycles. The smallest absolute Gasteiger partial charge is 0.309 e. The molecular formula is C19H26N2O3. The molecule has 0 N–H and O–H groups in total. The van der Waals surface area contributed by atoms with Crippen LogP contribution in [0.15, 0.2) is 28.7 Å². The summed E-state index contributed by atoms with van der Waals surface area (Å²) in [5, 5.41) is 0. The van der Waals surface area contributed by atoms with Gasteiger partial charge in [-0.15, -0.1) is 0 Å². The van der Waals surface area contributed by atoms with Crippen LogP contribution in [0.2, 0.25) is 0 Å². The predicted molar refractivity (Wildman–Crippen MR) is 94.0 cm³/mol. The lowest BCUT2D eigenvalue weighted by Gasteiger charge is -2.29. The number of esters is 1. The van der Waals surface area contributed by atoms with Crippen LogP contribution in [0.4, 0.5) is 6.01 Å². The molecule has 0 saturated carbocycles. The van der Waals surface area contributed by atoms with Crippen molar-refractivity contribution in [2.24, 2.45) is 11.3 Å². The summed E-state index contributed by atoms with van der Waals surface area (Å²) in [4.78, 5) is 18.8. The number of benzene rings is 1. The second-order valence-electron chi connectivity index (χ2n) is 7.70. The van der Waals surface area contributed by atoms with E-state index in [1.807, 2.05) is 24.3 Å². The van der Waals surface area contributed by atoms with E-state index in [2.05, 4.69) is 30.7 Å². The Morgan fingerprint density at radius 1 is 1.29 bits per heavy atom. The minimum Gasteiger partial charge on any atom is -0.465 e. The van der Waals surface area contributed by atoms with Crippen molar-refractivity contribution in [2.75, 3.05) is 24.6 Å². The highest BCUT2D eigenvalue weighted by Gasteiger charge is 2.28. The summed E-state index contributed by atoms with van der Waals surface area (Å²) >= 11 is 0. The molecule has 0 aliphatic carbocycles. The lowest BCUT2D eigenvalue weighted by Crippen LogP contribution is -2.37. The van der Waals surface area contributed by atoms with Gasteiger partial charge in [0.05, 0.1) is 12.5 Å². The number of oxazole rings is 1. The maximum absolute atomic E-state index is 12.2. The van der Waals surface area contributed by atoms with E-state index in [9.17, 15) is 4.79 Å². The molecule has 3 rings (SSSR count). The van der Waals surface area contributed by atoms with Crippen molar-refractivity contribution in [3.05, 3.63) is 24.3 Å². The van der Waals surface area contributed by atoms with Gasteiger partial charge in [0, 0.05) is 13.1 Å². The first-order valence-electron chi connectivity index (χ1n) is 8.69. The van der Waals surface area contributed by atoms with E-state index < -0.39 is 0 Å². The predicted octanol–water partition coefficient (Wildman–Crippen LogP) is 4.02. The van der Waals surface area contributed by atoms with Crippen LogP contribution in [0.1, 0.15) is 40.0 Å². The number of hydrogen-bond donors (Lipinski definition) is 0. The van der Waals surface area contributed by atoms with E-state index in [1.54, 1.807) is 0 Å². The van der Waals surface area contributed by atoms with Gasteiger partial charge < -0.3 is 14.1 Å². The van der Waals surface area contributed by atoms with Crippen molar-refractivity contribution in [1.29, 1.82) is 0 Å². The zero-order valence-electron chi connectivity index (χ0n) is 14.7. The van der Waals surface area contributed by atoms with Gasteiger partial charge in [0.1, 0.15) is 5.52 Å². The Kier molecular flexibility index (Phi) is 4.78. The van der Waals surface area contributed by atoms with Crippen LogP contribution in [0.25, 0.3) is 11.1 Å². The minimum atomic E-state index is -0.0588. The molecule has 5 nitrogen and oxygen atoms in total. The molecule has 2 heterocycles. The molecule has 5 heteroatoms. The molecule has 1 aromatic heterocycles. The number of hydrogen-bond acceptors (Lipinski definition) is 5. The number of ether oxygens (including phenoxy) is 1. The molecule has 2 aromatic rings. The van der Waals surface area contributed by atoms with E-state index in [0.29, 0.717) is 12.6 Å². The Morgan fingerprint density at radius 2 is 2.00 bits per heavy atom. The summed E-state index contributed by atoms with van der Waals surface area (Å²) in [6, 6.07) is 8.41. The van der Waals surface area contributed by atoms with Crippen molar-refractivity contribution in [2.45, 2.75) is 40.0 Å². The molecule has 24 heavy (non-hydrogen) atoms. The minimum absolute atomic E-state index is 0.00871. The van der Waals surface area contributed by atoms with E-state index in [1.165, 1.54) is 0 Å². The first-order valence-corrected chi connectivity index (χ1v) is 8.69. The first-order chi connectivity index (χ1) is 11.4. The highest BCUT2D eigenvalue weighted by Crippen LogP contribution is 2.27. The van der Waals surface area contributed by atoms with Crippen molar-refractivity contribution in [3.8, 4) is 0 Å². The van der Waals surface area contributed by atoms with Gasteiger partial charge in [-0.1, -0.05) is 32.9 Å². The van der Waals surface area contributed by atoms with Gasteiger partial charge in [0.2, 0.25) is 0 Å². The van der Waals surface area contributed by atoms with Gasteiger partial charge in [0.15, 0.2) is 5.58 Å². The largest absolute Gasteiger partial charge is 0.465 e. The van der Waals surface area contributed by atoms with Crippen LogP contribution in [-0.2, 0) is 9.53 Å². The number of carbonyl (C=O) groups excluding carboxylic acids is 1. The average Bonchev–Trinajstić information content (AvgIpc) is 2.98. The Labute approximate surface area is 143 Å². The van der Waals surface area contributed by atoms with Gasteiger partial charge in [0.25, 0.3) is 6.01 Å². The molecule has 0 unspecified atom stereocenters. The number of piperidine rings is 1. The number of nitrogens with zero attached hydrogens (tertiary/aromatic N) is 2. The molecule has 1 aromatic carbocycles. The van der Waals surface area contributed by atoms with Crippen LogP contribution < -0.4 is 4.90 Å². The highest BCUT2D eigenvalue weighted by molar-refractivity contribution is 5.75. The van der Waals surface area contributed by atoms with Gasteiger partial charge in [-0.05, 0) is 36.8 Å². The van der Waals surface area contributed by atoms with Gasteiger partial charge >= 0.3 is 5.97 Å². The monoisotopic (exact) mass is 330 g/mol. The van der Waals surface area contributed by atoms with Gasteiger partial charge in [-0.3, -0.25) is 4.79 Å². The number of rotatable bonds is 4. The van der Waals surface area contributed by atoms with Crippen molar-refractivity contribution in [3.63, 3.8) is 0 Å². The Morgan fingerprint density at radius 3 is 2.67 bits per heavy atom. The number of fused-ring (bicyclic) bond motifs is 1. The summed E-state index contributed by atoms with van der Waals surface area (Å²) in [7, 11) is 0. The fraction of sp³-hybridized carbons (Fsp3) is 0.579. The topological polar surface area (TPSA) is 55.6 Å². The molecular weight excluding hydrogens is 304 g/mol. The van der Waals surface area contributed by atoms with Crippen LogP contribution in [-0.4, -0.2) is 30.6 Å². The fourth-order valence-corrected chi connectivity index (χ4v) is 2.88. The van der Waals surface area contributed by atoms with E-state index in [4.69, 9.17) is 9.15 Å². The van der Waals surface area contributed by atoms with Crippen molar-refractivity contribution in [1.82, 2.24) is 4.98 Å². The Bertz CT molecular complexity index is 661. The van der Waals surface area contributed by atoms with Gasteiger partial charge in [-0.2, -0.15) is 4.98 Å². The lowest BCUT2D eigenvalue weighted by atomic mass is 9.93. The SMILES string of the molecule is CC(C)(C)CCOC(=O)C1CCN(c2nc3ccccc3o2)CC1. The number of carbonyl (C=O) groups is 1. The van der Waals surface area contributed by atoms with Crippen molar-refractivity contribution < 1.29 is 13.9 Å². The highest BCUT2D eigenvalue weighted by atomic mass is 16.5. The molecule has 1 fully saturated rings. The average molecular weight is 330 g/mol. The second-order valence-corrected chi connectivity index (χ2v) is 7.70. The molecule has 1 aliphatic rings. The summed E-state index contributed by atoms with van der Waals surface area (Å²) in [6.45, 7) is 8.50. The normalized spacial score (nSPS) is 16.5. The molecule has 0 amide bonds. The number of para-hydroxylation sites is 2. The number of aromatic nitrogens is 1. The molecule has 0 spiro atoms. The third-order valence-electron chi connectivity index (χ3n) is 4.48. The van der Waals surface area contributed by atoms with Crippen LogP contribution >= 0.6 is 0 Å². The quantitative estimate of drug-likeness (QED) is 0.792. The molecule has 0 radical (unpaired) electrons. The first kappa shape index (κ1) is 16.8. The van der Waals surface area contributed by atoms with Crippen molar-refractivity contribution >= 4 is 23.1 Å². The number of anilines is 1.